The quantitative estimate of drug-likeness (QED) is 0.597. The van der Waals surface area contributed by atoms with E-state index >= 15 is 0 Å². The SMILES string of the molecule is CC(CC(=N)N)N(C)C(C)c1cccs1. The zero-order valence-electron chi connectivity index (χ0n) is 9.53. The van der Waals surface area contributed by atoms with Gasteiger partial charge in [-0.2, -0.15) is 0 Å². The molecule has 0 aliphatic carbocycles. The highest BCUT2D eigenvalue weighted by Crippen LogP contribution is 2.25. The molecule has 1 aromatic rings. The van der Waals surface area contributed by atoms with Crippen LogP contribution in [-0.2, 0) is 0 Å². The number of thiophene rings is 1. The van der Waals surface area contributed by atoms with Crippen molar-refractivity contribution < 1.29 is 0 Å². The molecular weight excluding hydrogens is 206 g/mol. The Kier molecular flexibility index (Phi) is 4.29. The van der Waals surface area contributed by atoms with Crippen molar-refractivity contribution in [3.8, 4) is 0 Å². The summed E-state index contributed by atoms with van der Waals surface area (Å²) in [6.07, 6.45) is 0.631. The predicted octanol–water partition coefficient (Wildman–Crippen LogP) is 2.46. The Bertz CT molecular complexity index is 308. The molecule has 0 spiro atoms. The minimum absolute atomic E-state index is 0.257. The van der Waals surface area contributed by atoms with Crippen molar-refractivity contribution >= 4 is 17.2 Å². The van der Waals surface area contributed by atoms with Gasteiger partial charge in [-0.05, 0) is 32.3 Å². The van der Waals surface area contributed by atoms with Crippen LogP contribution in [0.2, 0.25) is 0 Å². The third-order valence-corrected chi connectivity index (χ3v) is 3.82. The summed E-state index contributed by atoms with van der Waals surface area (Å²) in [4.78, 5) is 3.61. The Morgan fingerprint density at radius 1 is 1.60 bits per heavy atom. The van der Waals surface area contributed by atoms with Crippen LogP contribution in [0, 0.1) is 5.41 Å². The van der Waals surface area contributed by atoms with Crippen molar-refractivity contribution in [3.63, 3.8) is 0 Å². The lowest BCUT2D eigenvalue weighted by Crippen LogP contribution is -2.34. The minimum Gasteiger partial charge on any atom is -0.388 e. The lowest BCUT2D eigenvalue weighted by atomic mass is 10.1. The normalized spacial score (nSPS) is 15.2. The van der Waals surface area contributed by atoms with Gasteiger partial charge in [-0.3, -0.25) is 10.3 Å². The van der Waals surface area contributed by atoms with E-state index in [-0.39, 0.29) is 5.84 Å². The Labute approximate surface area is 95.4 Å². The highest BCUT2D eigenvalue weighted by Gasteiger charge is 2.18. The average molecular weight is 225 g/mol. The second kappa shape index (κ2) is 5.28. The molecule has 0 amide bonds. The second-order valence-corrected chi connectivity index (χ2v) is 4.91. The number of nitrogens with two attached hydrogens (primary N) is 1. The van der Waals surface area contributed by atoms with E-state index in [0.29, 0.717) is 18.5 Å². The fourth-order valence-electron chi connectivity index (χ4n) is 1.57. The van der Waals surface area contributed by atoms with Crippen LogP contribution in [0.15, 0.2) is 17.5 Å². The fourth-order valence-corrected chi connectivity index (χ4v) is 2.41. The van der Waals surface area contributed by atoms with Crippen molar-refractivity contribution in [1.29, 1.82) is 5.41 Å². The molecule has 0 aliphatic rings. The van der Waals surface area contributed by atoms with Crippen LogP contribution in [0.5, 0.6) is 0 Å². The van der Waals surface area contributed by atoms with E-state index in [1.54, 1.807) is 11.3 Å². The summed E-state index contributed by atoms with van der Waals surface area (Å²) in [6.45, 7) is 4.29. The van der Waals surface area contributed by atoms with Gasteiger partial charge >= 0.3 is 0 Å². The van der Waals surface area contributed by atoms with Gasteiger partial charge in [0, 0.05) is 23.4 Å². The zero-order chi connectivity index (χ0) is 11.4. The predicted molar refractivity (Wildman–Crippen MR) is 66.5 cm³/mol. The fraction of sp³-hybridized carbons (Fsp3) is 0.545. The molecule has 15 heavy (non-hydrogen) atoms. The van der Waals surface area contributed by atoms with Crippen molar-refractivity contribution in [1.82, 2.24) is 4.90 Å². The standard InChI is InChI=1S/C11H19N3S/c1-8(7-11(12)13)14(3)9(2)10-5-4-6-15-10/h4-6,8-9H,7H2,1-3H3,(H3,12,13). The van der Waals surface area contributed by atoms with Gasteiger partial charge in [0.25, 0.3) is 0 Å². The highest BCUT2D eigenvalue weighted by atomic mass is 32.1. The third-order valence-electron chi connectivity index (χ3n) is 2.78. The summed E-state index contributed by atoms with van der Waals surface area (Å²) in [5, 5.41) is 9.38. The van der Waals surface area contributed by atoms with Crippen LogP contribution in [0.3, 0.4) is 0 Å². The average Bonchev–Trinajstić information content (AvgIpc) is 2.67. The van der Waals surface area contributed by atoms with Crippen LogP contribution in [0.25, 0.3) is 0 Å². The molecule has 4 heteroatoms. The van der Waals surface area contributed by atoms with E-state index < -0.39 is 0 Å². The van der Waals surface area contributed by atoms with Crippen molar-refractivity contribution in [3.05, 3.63) is 22.4 Å². The molecule has 0 fully saturated rings. The molecule has 3 N–H and O–H groups in total. The van der Waals surface area contributed by atoms with E-state index in [2.05, 4.69) is 43.3 Å². The van der Waals surface area contributed by atoms with Crippen molar-refractivity contribution in [2.24, 2.45) is 5.73 Å². The zero-order valence-corrected chi connectivity index (χ0v) is 10.3. The monoisotopic (exact) mass is 225 g/mol. The summed E-state index contributed by atoms with van der Waals surface area (Å²) in [5.74, 6) is 0.257. The van der Waals surface area contributed by atoms with Crippen LogP contribution < -0.4 is 5.73 Å². The number of rotatable bonds is 5. The molecule has 0 saturated carbocycles. The maximum Gasteiger partial charge on any atom is 0.0920 e. The van der Waals surface area contributed by atoms with Crippen LogP contribution in [0.4, 0.5) is 0 Å². The van der Waals surface area contributed by atoms with Gasteiger partial charge in [-0.25, -0.2) is 0 Å². The van der Waals surface area contributed by atoms with Gasteiger partial charge in [0.1, 0.15) is 0 Å². The lowest BCUT2D eigenvalue weighted by molar-refractivity contribution is 0.204. The van der Waals surface area contributed by atoms with E-state index in [1.165, 1.54) is 4.88 Å². The maximum atomic E-state index is 7.29. The van der Waals surface area contributed by atoms with Crippen LogP contribution >= 0.6 is 11.3 Å². The van der Waals surface area contributed by atoms with Gasteiger partial charge in [0.2, 0.25) is 0 Å². The largest absolute Gasteiger partial charge is 0.388 e. The summed E-state index contributed by atoms with van der Waals surface area (Å²) in [5.41, 5.74) is 5.41. The number of hydrogen-bond donors (Lipinski definition) is 2. The number of amidine groups is 1. The number of nitrogens with zero attached hydrogens (tertiary/aromatic N) is 1. The number of hydrogen-bond acceptors (Lipinski definition) is 3. The molecule has 0 radical (unpaired) electrons. The molecule has 0 saturated heterocycles. The van der Waals surface area contributed by atoms with Crippen molar-refractivity contribution in [2.45, 2.75) is 32.4 Å². The molecule has 0 bridgehead atoms. The van der Waals surface area contributed by atoms with Gasteiger partial charge < -0.3 is 5.73 Å². The second-order valence-electron chi connectivity index (χ2n) is 3.94. The molecule has 0 aliphatic heterocycles. The third kappa shape index (κ3) is 3.32. The Morgan fingerprint density at radius 2 is 2.27 bits per heavy atom. The van der Waals surface area contributed by atoms with E-state index in [9.17, 15) is 0 Å². The Hall–Kier alpha value is -0.870. The molecule has 0 aromatic carbocycles. The van der Waals surface area contributed by atoms with Crippen LogP contribution in [0.1, 0.15) is 31.2 Å². The summed E-state index contributed by atoms with van der Waals surface area (Å²) < 4.78 is 0. The first-order valence-corrected chi connectivity index (χ1v) is 5.98. The molecule has 2 unspecified atom stereocenters. The Balaban J connectivity index is 2.59. The molecular formula is C11H19N3S. The van der Waals surface area contributed by atoms with E-state index in [4.69, 9.17) is 11.1 Å². The first kappa shape index (κ1) is 12.2. The topological polar surface area (TPSA) is 53.1 Å². The van der Waals surface area contributed by atoms with Gasteiger partial charge in [0.05, 0.1) is 5.84 Å². The van der Waals surface area contributed by atoms with E-state index in [1.807, 2.05) is 0 Å². The molecule has 1 rings (SSSR count). The molecule has 1 aromatic heterocycles. The highest BCUT2D eigenvalue weighted by molar-refractivity contribution is 7.10. The first-order chi connectivity index (χ1) is 7.02. The van der Waals surface area contributed by atoms with Crippen LogP contribution in [-0.4, -0.2) is 23.8 Å². The van der Waals surface area contributed by atoms with Gasteiger partial charge in [-0.1, -0.05) is 6.07 Å². The lowest BCUT2D eigenvalue weighted by Gasteiger charge is -2.29. The summed E-state index contributed by atoms with van der Waals surface area (Å²) in [6, 6.07) is 4.91. The smallest absolute Gasteiger partial charge is 0.0920 e. The molecule has 2 atom stereocenters. The molecule has 84 valence electrons. The van der Waals surface area contributed by atoms with E-state index in [0.717, 1.165) is 0 Å². The van der Waals surface area contributed by atoms with Crippen molar-refractivity contribution in [2.75, 3.05) is 7.05 Å². The maximum absolute atomic E-state index is 7.29. The molecule has 1 heterocycles. The Morgan fingerprint density at radius 3 is 2.73 bits per heavy atom. The minimum atomic E-state index is 0.257. The molecule has 3 nitrogen and oxygen atoms in total. The van der Waals surface area contributed by atoms with Gasteiger partial charge in [-0.15, -0.1) is 11.3 Å². The van der Waals surface area contributed by atoms with Gasteiger partial charge in [0.15, 0.2) is 0 Å². The number of nitrogens with one attached hydrogen (secondary N) is 1. The summed E-state index contributed by atoms with van der Waals surface area (Å²) in [7, 11) is 2.08. The first-order valence-electron chi connectivity index (χ1n) is 5.10. The summed E-state index contributed by atoms with van der Waals surface area (Å²) >= 11 is 1.77.